The van der Waals surface area contributed by atoms with Gasteiger partial charge in [0, 0.05) is 11.6 Å². The molecule has 0 saturated heterocycles. The van der Waals surface area contributed by atoms with Crippen LogP contribution in [0.1, 0.15) is 51.0 Å². The molecule has 0 aromatic heterocycles. The summed E-state index contributed by atoms with van der Waals surface area (Å²) in [5, 5.41) is 0.769. The summed E-state index contributed by atoms with van der Waals surface area (Å²) in [6.45, 7) is 2.81. The second kappa shape index (κ2) is 8.14. The van der Waals surface area contributed by atoms with Gasteiger partial charge in [-0.05, 0) is 43.9 Å². The molecule has 0 radical (unpaired) electrons. The lowest BCUT2D eigenvalue weighted by atomic mass is 9.83. The topological polar surface area (TPSA) is 47.3 Å². The van der Waals surface area contributed by atoms with Crippen molar-refractivity contribution in [3.8, 4) is 0 Å². The number of nitrogens with two attached hydrogens (primary N) is 1. The van der Waals surface area contributed by atoms with Gasteiger partial charge in [-0.25, -0.2) is 0 Å². The monoisotopic (exact) mass is 310 g/mol. The van der Waals surface area contributed by atoms with Crippen molar-refractivity contribution in [1.82, 2.24) is 5.43 Å². The number of halogens is 1. The van der Waals surface area contributed by atoms with Crippen molar-refractivity contribution in [3.63, 3.8) is 0 Å². The molecule has 1 aliphatic carbocycles. The second-order valence-electron chi connectivity index (χ2n) is 5.96. The van der Waals surface area contributed by atoms with Crippen LogP contribution in [0.2, 0.25) is 5.02 Å². The number of benzene rings is 1. The van der Waals surface area contributed by atoms with Crippen LogP contribution < -0.4 is 11.3 Å². The fraction of sp³-hybridized carbons (Fsp3) is 0.647. The van der Waals surface area contributed by atoms with E-state index in [4.69, 9.17) is 22.2 Å². The molecule has 21 heavy (non-hydrogen) atoms. The normalized spacial score (nSPS) is 20.0. The second-order valence-corrected chi connectivity index (χ2v) is 6.40. The molecule has 1 saturated carbocycles. The summed E-state index contributed by atoms with van der Waals surface area (Å²) in [5.41, 5.74) is 4.13. The van der Waals surface area contributed by atoms with Crippen molar-refractivity contribution in [3.05, 3.63) is 34.9 Å². The maximum atomic E-state index is 6.23. The Morgan fingerprint density at radius 1 is 1.19 bits per heavy atom. The lowest BCUT2D eigenvalue weighted by molar-refractivity contribution is -0.0768. The summed E-state index contributed by atoms with van der Waals surface area (Å²) in [6.07, 6.45) is 8.08. The summed E-state index contributed by atoms with van der Waals surface area (Å²) in [7, 11) is 0. The molecule has 1 aromatic carbocycles. The quantitative estimate of drug-likeness (QED) is 0.477. The summed E-state index contributed by atoms with van der Waals surface area (Å²) in [5.74, 6) is 5.89. The van der Waals surface area contributed by atoms with Gasteiger partial charge in [0.15, 0.2) is 0 Å². The van der Waals surface area contributed by atoms with E-state index in [9.17, 15) is 0 Å². The molecule has 3 nitrogen and oxygen atoms in total. The van der Waals surface area contributed by atoms with E-state index in [0.29, 0.717) is 0 Å². The molecule has 1 aliphatic rings. The minimum atomic E-state index is -0.139. The largest absolute Gasteiger partial charge is 0.374 e. The average Bonchev–Trinajstić information content (AvgIpc) is 2.73. The molecule has 118 valence electrons. The summed E-state index contributed by atoms with van der Waals surface area (Å²) >= 11 is 5.96. The van der Waals surface area contributed by atoms with Gasteiger partial charge in [-0.2, -0.15) is 0 Å². The van der Waals surface area contributed by atoms with Crippen LogP contribution in [0.3, 0.4) is 0 Å². The lowest BCUT2D eigenvalue weighted by Gasteiger charge is -2.40. The standard InChI is InChI=1S/C17H27ClN2O/c1-2-21-17(11-5-3-4-6-12-17)16(20-19)13-14-7-9-15(18)10-8-14/h7-10,16,20H,2-6,11-13,19H2,1H3. The highest BCUT2D eigenvalue weighted by molar-refractivity contribution is 6.30. The van der Waals surface area contributed by atoms with Gasteiger partial charge >= 0.3 is 0 Å². The van der Waals surface area contributed by atoms with Gasteiger partial charge in [-0.1, -0.05) is 49.4 Å². The Morgan fingerprint density at radius 2 is 1.81 bits per heavy atom. The molecule has 1 aromatic rings. The molecule has 0 aliphatic heterocycles. The van der Waals surface area contributed by atoms with Gasteiger partial charge in [-0.3, -0.25) is 11.3 Å². The van der Waals surface area contributed by atoms with E-state index in [1.165, 1.54) is 31.2 Å². The van der Waals surface area contributed by atoms with E-state index in [0.717, 1.165) is 30.9 Å². The average molecular weight is 311 g/mol. The molecule has 1 fully saturated rings. The highest BCUT2D eigenvalue weighted by Crippen LogP contribution is 2.34. The van der Waals surface area contributed by atoms with Crippen LogP contribution >= 0.6 is 11.6 Å². The number of hydrazine groups is 1. The number of hydrogen-bond donors (Lipinski definition) is 2. The zero-order chi connectivity index (χ0) is 15.1. The molecule has 0 spiro atoms. The summed E-state index contributed by atoms with van der Waals surface area (Å²) in [6, 6.07) is 8.15. The summed E-state index contributed by atoms with van der Waals surface area (Å²) in [4.78, 5) is 0. The Hall–Kier alpha value is -0.610. The van der Waals surface area contributed by atoms with Crippen LogP contribution in [0.15, 0.2) is 24.3 Å². The van der Waals surface area contributed by atoms with E-state index >= 15 is 0 Å². The van der Waals surface area contributed by atoms with Crippen LogP contribution in [0.4, 0.5) is 0 Å². The Morgan fingerprint density at radius 3 is 2.33 bits per heavy atom. The SMILES string of the molecule is CCOC1(C(Cc2ccc(Cl)cc2)NN)CCCCCC1. The molecule has 4 heteroatoms. The van der Waals surface area contributed by atoms with Crippen molar-refractivity contribution in [2.45, 2.75) is 63.5 Å². The molecular formula is C17H27ClN2O. The van der Waals surface area contributed by atoms with Crippen LogP contribution in [-0.2, 0) is 11.2 Å². The van der Waals surface area contributed by atoms with E-state index in [1.807, 2.05) is 12.1 Å². The van der Waals surface area contributed by atoms with Gasteiger partial charge in [0.1, 0.15) is 0 Å². The Bertz CT molecular complexity index is 413. The Kier molecular flexibility index (Phi) is 6.49. The fourth-order valence-electron chi connectivity index (χ4n) is 3.46. The van der Waals surface area contributed by atoms with E-state index < -0.39 is 0 Å². The smallest absolute Gasteiger partial charge is 0.0851 e. The first kappa shape index (κ1) is 16.8. The minimum Gasteiger partial charge on any atom is -0.374 e. The molecular weight excluding hydrogens is 284 g/mol. The van der Waals surface area contributed by atoms with Gasteiger partial charge in [0.2, 0.25) is 0 Å². The highest BCUT2D eigenvalue weighted by Gasteiger charge is 2.39. The zero-order valence-electron chi connectivity index (χ0n) is 12.9. The van der Waals surface area contributed by atoms with Crippen molar-refractivity contribution in [1.29, 1.82) is 0 Å². The molecule has 0 amide bonds. The maximum absolute atomic E-state index is 6.23. The molecule has 1 atom stereocenters. The van der Waals surface area contributed by atoms with E-state index in [-0.39, 0.29) is 11.6 Å². The third-order valence-corrected chi connectivity index (χ3v) is 4.82. The number of hydrogen-bond acceptors (Lipinski definition) is 3. The van der Waals surface area contributed by atoms with Gasteiger partial charge in [-0.15, -0.1) is 0 Å². The number of nitrogens with one attached hydrogen (secondary N) is 1. The number of ether oxygens (including phenoxy) is 1. The fourth-order valence-corrected chi connectivity index (χ4v) is 3.59. The minimum absolute atomic E-state index is 0.136. The number of rotatable bonds is 6. The van der Waals surface area contributed by atoms with Crippen LogP contribution in [-0.4, -0.2) is 18.2 Å². The van der Waals surface area contributed by atoms with E-state index in [1.54, 1.807) is 0 Å². The summed E-state index contributed by atoms with van der Waals surface area (Å²) < 4.78 is 6.23. The van der Waals surface area contributed by atoms with Gasteiger partial charge in [0.25, 0.3) is 0 Å². The maximum Gasteiger partial charge on any atom is 0.0851 e. The van der Waals surface area contributed by atoms with Crippen LogP contribution in [0, 0.1) is 0 Å². The highest BCUT2D eigenvalue weighted by atomic mass is 35.5. The van der Waals surface area contributed by atoms with Gasteiger partial charge < -0.3 is 4.74 Å². The van der Waals surface area contributed by atoms with Gasteiger partial charge in [0.05, 0.1) is 11.6 Å². The Balaban J connectivity index is 2.16. The predicted octanol–water partition coefficient (Wildman–Crippen LogP) is 3.84. The molecule has 1 unspecified atom stereocenters. The zero-order valence-corrected chi connectivity index (χ0v) is 13.7. The first-order chi connectivity index (χ1) is 10.2. The van der Waals surface area contributed by atoms with Crippen LogP contribution in [0.5, 0.6) is 0 Å². The van der Waals surface area contributed by atoms with Crippen molar-refractivity contribution in [2.75, 3.05) is 6.61 Å². The van der Waals surface area contributed by atoms with Crippen molar-refractivity contribution < 1.29 is 4.74 Å². The predicted molar refractivity (Wildman–Crippen MR) is 88.3 cm³/mol. The third-order valence-electron chi connectivity index (χ3n) is 4.57. The van der Waals surface area contributed by atoms with Crippen molar-refractivity contribution >= 4 is 11.6 Å². The molecule has 2 rings (SSSR count). The first-order valence-corrected chi connectivity index (χ1v) is 8.42. The molecule has 3 N–H and O–H groups in total. The van der Waals surface area contributed by atoms with E-state index in [2.05, 4.69) is 24.5 Å². The van der Waals surface area contributed by atoms with Crippen molar-refractivity contribution in [2.24, 2.45) is 5.84 Å². The first-order valence-electron chi connectivity index (χ1n) is 8.05. The Labute approximate surface area is 133 Å². The lowest BCUT2D eigenvalue weighted by Crippen LogP contribution is -2.56. The molecule has 0 heterocycles. The van der Waals surface area contributed by atoms with Crippen LogP contribution in [0.25, 0.3) is 0 Å². The third kappa shape index (κ3) is 4.43. The molecule has 0 bridgehead atoms.